The van der Waals surface area contributed by atoms with E-state index in [1.807, 2.05) is 14.0 Å². The Morgan fingerprint density at radius 1 is 1.48 bits per heavy atom. The number of halogens is 2. The second-order valence-electron chi connectivity index (χ2n) is 4.79. The summed E-state index contributed by atoms with van der Waals surface area (Å²) in [6.45, 7) is 2.05. The van der Waals surface area contributed by atoms with Crippen LogP contribution in [0.2, 0.25) is 5.02 Å². The molecule has 0 radical (unpaired) electrons. The van der Waals surface area contributed by atoms with Gasteiger partial charge < -0.3 is 9.84 Å². The van der Waals surface area contributed by atoms with Gasteiger partial charge in [-0.05, 0) is 40.5 Å². The quantitative estimate of drug-likeness (QED) is 0.869. The first kappa shape index (κ1) is 16.3. The summed E-state index contributed by atoms with van der Waals surface area (Å²) in [6.07, 6.45) is 0.557. The van der Waals surface area contributed by atoms with Crippen LogP contribution in [0, 0.1) is 0 Å². The molecule has 1 N–H and O–H groups in total. The van der Waals surface area contributed by atoms with Crippen molar-refractivity contribution < 1.29 is 9.84 Å². The van der Waals surface area contributed by atoms with E-state index < -0.39 is 6.10 Å². The molecule has 0 bridgehead atoms. The Labute approximate surface area is 137 Å². The van der Waals surface area contributed by atoms with Gasteiger partial charge >= 0.3 is 0 Å². The summed E-state index contributed by atoms with van der Waals surface area (Å²) in [6, 6.07) is 5.23. The number of methoxy groups -OCH3 is 1. The van der Waals surface area contributed by atoms with E-state index in [0.717, 1.165) is 22.3 Å². The molecule has 1 aromatic heterocycles. The van der Waals surface area contributed by atoms with Gasteiger partial charge in [0.2, 0.25) is 0 Å². The summed E-state index contributed by atoms with van der Waals surface area (Å²) in [4.78, 5) is 0. The molecule has 6 heteroatoms. The summed E-state index contributed by atoms with van der Waals surface area (Å²) in [5.74, 6) is 0.626. The Hall–Kier alpha value is -1.04. The fourth-order valence-electron chi connectivity index (χ4n) is 2.30. The molecule has 2 aromatic rings. The molecule has 4 nitrogen and oxygen atoms in total. The van der Waals surface area contributed by atoms with Crippen molar-refractivity contribution in [3.05, 3.63) is 44.6 Å². The molecule has 1 unspecified atom stereocenters. The number of aliphatic hydroxyl groups is 1. The van der Waals surface area contributed by atoms with Crippen LogP contribution in [0.1, 0.15) is 30.0 Å². The zero-order chi connectivity index (χ0) is 15.6. The number of aryl methyl sites for hydroxylation is 2. The van der Waals surface area contributed by atoms with Gasteiger partial charge in [-0.1, -0.05) is 18.5 Å². The van der Waals surface area contributed by atoms with E-state index in [1.54, 1.807) is 30.0 Å². The van der Waals surface area contributed by atoms with Gasteiger partial charge in [-0.3, -0.25) is 4.68 Å². The van der Waals surface area contributed by atoms with Crippen LogP contribution in [0.4, 0.5) is 0 Å². The lowest BCUT2D eigenvalue weighted by atomic mass is 10.0. The first-order valence-electron chi connectivity index (χ1n) is 6.69. The maximum Gasteiger partial charge on any atom is 0.124 e. The van der Waals surface area contributed by atoms with Gasteiger partial charge in [0.15, 0.2) is 0 Å². The molecular weight excluding hydrogens is 356 g/mol. The minimum atomic E-state index is -0.713. The lowest BCUT2D eigenvalue weighted by Gasteiger charge is -2.15. The molecule has 0 fully saturated rings. The van der Waals surface area contributed by atoms with E-state index in [-0.39, 0.29) is 0 Å². The summed E-state index contributed by atoms with van der Waals surface area (Å²) >= 11 is 9.58. The molecule has 2 rings (SSSR count). The Morgan fingerprint density at radius 2 is 2.19 bits per heavy atom. The van der Waals surface area contributed by atoms with E-state index >= 15 is 0 Å². The highest BCUT2D eigenvalue weighted by Crippen LogP contribution is 2.32. The molecule has 0 saturated heterocycles. The zero-order valence-corrected chi connectivity index (χ0v) is 14.6. The molecule has 1 atom stereocenters. The van der Waals surface area contributed by atoms with Crippen molar-refractivity contribution in [1.29, 1.82) is 0 Å². The lowest BCUT2D eigenvalue weighted by Crippen LogP contribution is -2.08. The summed E-state index contributed by atoms with van der Waals surface area (Å²) in [5.41, 5.74) is 2.61. The summed E-state index contributed by atoms with van der Waals surface area (Å²) in [5, 5.41) is 15.5. The van der Waals surface area contributed by atoms with Crippen LogP contribution >= 0.6 is 27.5 Å². The lowest BCUT2D eigenvalue weighted by molar-refractivity contribution is 0.171. The number of ether oxygens (including phenoxy) is 1. The van der Waals surface area contributed by atoms with E-state index in [4.69, 9.17) is 16.3 Å². The van der Waals surface area contributed by atoms with Gasteiger partial charge in [-0.2, -0.15) is 5.10 Å². The smallest absolute Gasteiger partial charge is 0.124 e. The van der Waals surface area contributed by atoms with Gasteiger partial charge in [0.25, 0.3) is 0 Å². The van der Waals surface area contributed by atoms with Crippen LogP contribution in [0.3, 0.4) is 0 Å². The van der Waals surface area contributed by atoms with Crippen molar-refractivity contribution in [2.75, 3.05) is 7.11 Å². The summed E-state index contributed by atoms with van der Waals surface area (Å²) in [7, 11) is 3.45. The number of aliphatic hydroxyl groups excluding tert-OH is 1. The molecule has 0 aliphatic rings. The Morgan fingerprint density at radius 3 is 2.76 bits per heavy atom. The molecule has 1 heterocycles. The molecular formula is C15H18BrClN2O2. The molecule has 0 saturated carbocycles. The summed E-state index contributed by atoms with van der Waals surface area (Å²) < 4.78 is 8.04. The average Bonchev–Trinajstić information content (AvgIpc) is 2.74. The molecule has 0 aliphatic heterocycles. The highest BCUT2D eigenvalue weighted by molar-refractivity contribution is 9.10. The highest BCUT2D eigenvalue weighted by atomic mass is 79.9. The van der Waals surface area contributed by atoms with E-state index in [2.05, 4.69) is 21.0 Å². The van der Waals surface area contributed by atoms with E-state index in [9.17, 15) is 5.11 Å². The number of nitrogens with zero attached hydrogens (tertiary/aromatic N) is 2. The number of aromatic nitrogens is 2. The fourth-order valence-corrected chi connectivity index (χ4v) is 3.26. The van der Waals surface area contributed by atoms with Gasteiger partial charge in [0.1, 0.15) is 5.75 Å². The molecule has 0 amide bonds. The van der Waals surface area contributed by atoms with Crippen LogP contribution in [-0.2, 0) is 19.9 Å². The normalized spacial score (nSPS) is 12.5. The minimum absolute atomic E-state index is 0.431. The van der Waals surface area contributed by atoms with Crippen molar-refractivity contribution in [3.63, 3.8) is 0 Å². The zero-order valence-electron chi connectivity index (χ0n) is 12.2. The van der Waals surface area contributed by atoms with Crippen LogP contribution in [0.15, 0.2) is 22.7 Å². The van der Waals surface area contributed by atoms with E-state index in [1.165, 1.54) is 0 Å². The van der Waals surface area contributed by atoms with Crippen molar-refractivity contribution >= 4 is 27.5 Å². The Kier molecular flexibility index (Phi) is 5.30. The monoisotopic (exact) mass is 372 g/mol. The molecule has 114 valence electrons. The van der Waals surface area contributed by atoms with Crippen LogP contribution < -0.4 is 4.74 Å². The predicted octanol–water partition coefficient (Wildman–Crippen LogP) is 3.68. The fraction of sp³-hybridized carbons (Fsp3) is 0.400. The van der Waals surface area contributed by atoms with Crippen molar-refractivity contribution in [2.24, 2.45) is 7.05 Å². The Bertz CT molecular complexity index is 643. The van der Waals surface area contributed by atoms with Crippen molar-refractivity contribution in [3.8, 4) is 5.75 Å². The maximum absolute atomic E-state index is 10.5. The number of hydrogen-bond donors (Lipinski definition) is 1. The van der Waals surface area contributed by atoms with Gasteiger partial charge in [0, 0.05) is 24.1 Å². The van der Waals surface area contributed by atoms with Crippen molar-refractivity contribution in [1.82, 2.24) is 9.78 Å². The van der Waals surface area contributed by atoms with Crippen LogP contribution in [0.25, 0.3) is 0 Å². The SMILES string of the molecule is CCc1nn(C)c(CC(O)c2cc(Cl)ccc2OC)c1Br. The third-order valence-corrected chi connectivity index (χ3v) is 4.59. The molecule has 1 aromatic carbocycles. The Balaban J connectivity index is 2.32. The van der Waals surface area contributed by atoms with E-state index in [0.29, 0.717) is 22.8 Å². The third-order valence-electron chi connectivity index (χ3n) is 3.44. The molecule has 0 spiro atoms. The minimum Gasteiger partial charge on any atom is -0.496 e. The maximum atomic E-state index is 10.5. The third kappa shape index (κ3) is 3.42. The first-order valence-corrected chi connectivity index (χ1v) is 7.86. The van der Waals surface area contributed by atoms with Gasteiger partial charge in [-0.15, -0.1) is 0 Å². The van der Waals surface area contributed by atoms with Gasteiger partial charge in [-0.25, -0.2) is 0 Å². The average molecular weight is 374 g/mol. The van der Waals surface area contributed by atoms with Crippen LogP contribution in [-0.4, -0.2) is 22.0 Å². The van der Waals surface area contributed by atoms with Crippen molar-refractivity contribution in [2.45, 2.75) is 25.9 Å². The number of benzene rings is 1. The second-order valence-corrected chi connectivity index (χ2v) is 6.02. The van der Waals surface area contributed by atoms with Gasteiger partial charge in [0.05, 0.1) is 29.1 Å². The largest absolute Gasteiger partial charge is 0.496 e. The standard InChI is InChI=1S/C15H18BrClN2O2/c1-4-11-15(16)12(19(2)18-11)8-13(20)10-7-9(17)5-6-14(10)21-3/h5-7,13,20H,4,8H2,1-3H3. The highest BCUT2D eigenvalue weighted by Gasteiger charge is 2.20. The molecule has 0 aliphatic carbocycles. The second kappa shape index (κ2) is 6.81. The number of rotatable bonds is 5. The topological polar surface area (TPSA) is 47.3 Å². The molecule has 21 heavy (non-hydrogen) atoms. The first-order chi connectivity index (χ1) is 9.97. The number of hydrogen-bond acceptors (Lipinski definition) is 3. The predicted molar refractivity (Wildman–Crippen MR) is 87.0 cm³/mol. The van der Waals surface area contributed by atoms with Crippen LogP contribution in [0.5, 0.6) is 5.75 Å².